The Morgan fingerprint density at radius 3 is 2.79 bits per heavy atom. The van der Waals surface area contributed by atoms with Crippen molar-refractivity contribution in [1.29, 1.82) is 0 Å². The molecular formula is C15H14N2OS. The number of fused-ring (bicyclic) bond motifs is 1. The molecule has 0 bridgehead atoms. The van der Waals surface area contributed by atoms with E-state index in [-0.39, 0.29) is 5.56 Å². The maximum atomic E-state index is 12.2. The minimum atomic E-state index is -0.0337. The van der Waals surface area contributed by atoms with Gasteiger partial charge in [0.15, 0.2) is 0 Å². The maximum Gasteiger partial charge on any atom is 0.260 e. The number of aromatic nitrogens is 2. The van der Waals surface area contributed by atoms with Gasteiger partial charge in [-0.05, 0) is 12.0 Å². The summed E-state index contributed by atoms with van der Waals surface area (Å²) in [6.45, 7) is 2.08. The van der Waals surface area contributed by atoms with Crippen molar-refractivity contribution in [3.05, 3.63) is 51.9 Å². The summed E-state index contributed by atoms with van der Waals surface area (Å²) in [5.74, 6) is 0.779. The van der Waals surface area contributed by atoms with E-state index in [1.807, 2.05) is 35.7 Å². The number of benzene rings is 1. The van der Waals surface area contributed by atoms with Crippen LogP contribution in [-0.2, 0) is 6.42 Å². The molecular weight excluding hydrogens is 256 g/mol. The van der Waals surface area contributed by atoms with Gasteiger partial charge in [-0.15, -0.1) is 11.3 Å². The monoisotopic (exact) mass is 270 g/mol. The zero-order valence-corrected chi connectivity index (χ0v) is 11.5. The first kappa shape index (κ1) is 12.1. The average Bonchev–Trinajstić information content (AvgIpc) is 2.84. The average molecular weight is 270 g/mol. The number of thiophene rings is 1. The van der Waals surface area contributed by atoms with Crippen LogP contribution < -0.4 is 5.56 Å². The third-order valence-corrected chi connectivity index (χ3v) is 3.94. The third kappa shape index (κ3) is 2.19. The minimum absolute atomic E-state index is 0.0337. The van der Waals surface area contributed by atoms with Gasteiger partial charge in [0, 0.05) is 17.4 Å². The fraction of sp³-hybridized carbons (Fsp3) is 0.200. The molecule has 3 aromatic rings. The largest absolute Gasteiger partial charge is 0.310 e. The number of H-pyrrole nitrogens is 1. The van der Waals surface area contributed by atoms with E-state index in [9.17, 15) is 4.79 Å². The van der Waals surface area contributed by atoms with Crippen LogP contribution >= 0.6 is 11.3 Å². The fourth-order valence-electron chi connectivity index (χ4n) is 2.18. The Labute approximate surface area is 115 Å². The number of hydrogen-bond acceptors (Lipinski definition) is 3. The summed E-state index contributed by atoms with van der Waals surface area (Å²) in [4.78, 5) is 20.5. The summed E-state index contributed by atoms with van der Waals surface area (Å²) >= 11 is 1.53. The molecule has 2 aromatic heterocycles. The highest BCUT2D eigenvalue weighted by atomic mass is 32.1. The lowest BCUT2D eigenvalue weighted by Gasteiger charge is -2.00. The topological polar surface area (TPSA) is 45.8 Å². The van der Waals surface area contributed by atoms with Gasteiger partial charge in [-0.2, -0.15) is 0 Å². The Bertz CT molecular complexity index is 759. The minimum Gasteiger partial charge on any atom is -0.310 e. The van der Waals surface area contributed by atoms with Gasteiger partial charge in [-0.3, -0.25) is 4.79 Å². The van der Waals surface area contributed by atoms with E-state index in [4.69, 9.17) is 0 Å². The first-order valence-electron chi connectivity index (χ1n) is 6.35. The normalized spacial score (nSPS) is 11.0. The van der Waals surface area contributed by atoms with Crippen LogP contribution in [0.4, 0.5) is 0 Å². The van der Waals surface area contributed by atoms with E-state index in [0.29, 0.717) is 5.39 Å². The van der Waals surface area contributed by atoms with E-state index in [1.54, 1.807) is 0 Å². The van der Waals surface area contributed by atoms with Gasteiger partial charge in [-0.1, -0.05) is 37.3 Å². The molecule has 0 atom stereocenters. The zero-order chi connectivity index (χ0) is 13.2. The SMILES string of the molecule is CCCc1nc2scc(-c3ccccc3)c2c(=O)[nH]1. The summed E-state index contributed by atoms with van der Waals surface area (Å²) in [5, 5.41) is 2.72. The van der Waals surface area contributed by atoms with E-state index >= 15 is 0 Å². The lowest BCUT2D eigenvalue weighted by Crippen LogP contribution is -2.11. The van der Waals surface area contributed by atoms with Crippen LogP contribution in [-0.4, -0.2) is 9.97 Å². The molecule has 0 saturated carbocycles. The van der Waals surface area contributed by atoms with Gasteiger partial charge in [0.2, 0.25) is 0 Å². The molecule has 0 aliphatic rings. The summed E-state index contributed by atoms with van der Waals surface area (Å²) in [5.41, 5.74) is 2.00. The number of nitrogens with zero attached hydrogens (tertiary/aromatic N) is 1. The Kier molecular flexibility index (Phi) is 3.17. The van der Waals surface area contributed by atoms with Crippen molar-refractivity contribution in [2.75, 3.05) is 0 Å². The maximum absolute atomic E-state index is 12.2. The van der Waals surface area contributed by atoms with Crippen molar-refractivity contribution >= 4 is 21.6 Å². The predicted octanol–water partition coefficient (Wildman–Crippen LogP) is 3.60. The van der Waals surface area contributed by atoms with E-state index in [1.165, 1.54) is 11.3 Å². The standard InChI is InChI=1S/C15H14N2OS/c1-2-6-12-16-14(18)13-11(9-19-15(13)17-12)10-7-4-3-5-8-10/h3-5,7-9H,2,6H2,1H3,(H,16,17,18). The van der Waals surface area contributed by atoms with Crippen molar-refractivity contribution in [3.8, 4) is 11.1 Å². The van der Waals surface area contributed by atoms with Crippen molar-refractivity contribution in [3.63, 3.8) is 0 Å². The predicted molar refractivity (Wildman–Crippen MR) is 79.7 cm³/mol. The van der Waals surface area contributed by atoms with Crippen LogP contribution in [0.25, 0.3) is 21.3 Å². The highest BCUT2D eigenvalue weighted by Crippen LogP contribution is 2.30. The molecule has 0 saturated heterocycles. The van der Waals surface area contributed by atoms with Crippen molar-refractivity contribution in [2.45, 2.75) is 19.8 Å². The summed E-state index contributed by atoms with van der Waals surface area (Å²) < 4.78 is 0. The first-order valence-corrected chi connectivity index (χ1v) is 7.23. The number of aryl methyl sites for hydroxylation is 1. The molecule has 4 heteroatoms. The summed E-state index contributed by atoms with van der Waals surface area (Å²) in [7, 11) is 0. The highest BCUT2D eigenvalue weighted by Gasteiger charge is 2.12. The fourth-order valence-corrected chi connectivity index (χ4v) is 3.15. The Hall–Kier alpha value is -1.94. The quantitative estimate of drug-likeness (QED) is 0.790. The van der Waals surface area contributed by atoms with Gasteiger partial charge in [0.05, 0.1) is 5.39 Å². The lowest BCUT2D eigenvalue weighted by atomic mass is 10.1. The molecule has 1 N–H and O–H groups in total. The first-order chi connectivity index (χ1) is 9.29. The van der Waals surface area contributed by atoms with E-state index in [2.05, 4.69) is 16.9 Å². The molecule has 3 nitrogen and oxygen atoms in total. The number of nitrogens with one attached hydrogen (secondary N) is 1. The number of rotatable bonds is 3. The second-order valence-corrected chi connectivity index (χ2v) is 5.32. The molecule has 1 aromatic carbocycles. The molecule has 0 amide bonds. The molecule has 0 radical (unpaired) electrons. The van der Waals surface area contributed by atoms with Crippen LogP contribution in [0.1, 0.15) is 19.2 Å². The third-order valence-electron chi connectivity index (χ3n) is 3.06. The summed E-state index contributed by atoms with van der Waals surface area (Å²) in [6.07, 6.45) is 1.79. The number of aromatic amines is 1. The highest BCUT2D eigenvalue weighted by molar-refractivity contribution is 7.17. The Morgan fingerprint density at radius 1 is 1.26 bits per heavy atom. The molecule has 0 spiro atoms. The molecule has 0 aliphatic carbocycles. The van der Waals surface area contributed by atoms with Crippen LogP contribution in [0.2, 0.25) is 0 Å². The second-order valence-electron chi connectivity index (χ2n) is 4.46. The van der Waals surface area contributed by atoms with Crippen LogP contribution in [0, 0.1) is 0 Å². The van der Waals surface area contributed by atoms with Crippen LogP contribution in [0.3, 0.4) is 0 Å². The van der Waals surface area contributed by atoms with Crippen molar-refractivity contribution < 1.29 is 0 Å². The zero-order valence-electron chi connectivity index (χ0n) is 10.6. The van der Waals surface area contributed by atoms with Gasteiger partial charge in [0.25, 0.3) is 5.56 Å². The van der Waals surface area contributed by atoms with Gasteiger partial charge in [-0.25, -0.2) is 4.98 Å². The van der Waals surface area contributed by atoms with Gasteiger partial charge < -0.3 is 4.98 Å². The van der Waals surface area contributed by atoms with Gasteiger partial charge in [0.1, 0.15) is 10.7 Å². The van der Waals surface area contributed by atoms with E-state index in [0.717, 1.165) is 34.6 Å². The smallest absolute Gasteiger partial charge is 0.260 e. The van der Waals surface area contributed by atoms with Crippen LogP contribution in [0.15, 0.2) is 40.5 Å². The molecule has 96 valence electrons. The van der Waals surface area contributed by atoms with E-state index < -0.39 is 0 Å². The molecule has 0 fully saturated rings. The summed E-state index contributed by atoms with van der Waals surface area (Å²) in [6, 6.07) is 9.96. The second kappa shape index (κ2) is 4.97. The Balaban J connectivity index is 2.22. The molecule has 0 unspecified atom stereocenters. The lowest BCUT2D eigenvalue weighted by molar-refractivity contribution is 0.838. The van der Waals surface area contributed by atoms with Crippen molar-refractivity contribution in [1.82, 2.24) is 9.97 Å². The number of hydrogen-bond donors (Lipinski definition) is 1. The molecule has 19 heavy (non-hydrogen) atoms. The van der Waals surface area contributed by atoms with Crippen molar-refractivity contribution in [2.24, 2.45) is 0 Å². The van der Waals surface area contributed by atoms with Gasteiger partial charge >= 0.3 is 0 Å². The molecule has 2 heterocycles. The Morgan fingerprint density at radius 2 is 2.05 bits per heavy atom. The molecule has 0 aliphatic heterocycles. The molecule has 3 rings (SSSR count). The van der Waals surface area contributed by atoms with Crippen LogP contribution in [0.5, 0.6) is 0 Å².